The number of hydrogen-bond acceptors (Lipinski definition) is 6. The Morgan fingerprint density at radius 2 is 2.10 bits per heavy atom. The van der Waals surface area contributed by atoms with Crippen LogP contribution in [0.1, 0.15) is 4.88 Å². The smallest absolute Gasteiger partial charge is 0.293 e. The van der Waals surface area contributed by atoms with E-state index in [-0.39, 0.29) is 17.1 Å². The molecular weight excluding hydrogens is 302 g/mol. The minimum atomic E-state index is -3.81. The van der Waals surface area contributed by atoms with Crippen LogP contribution in [0.4, 0.5) is 11.4 Å². The van der Waals surface area contributed by atoms with E-state index in [0.717, 1.165) is 10.9 Å². The van der Waals surface area contributed by atoms with Gasteiger partial charge in [-0.05, 0) is 23.6 Å². The summed E-state index contributed by atoms with van der Waals surface area (Å²) >= 11 is 1.41. The van der Waals surface area contributed by atoms with Gasteiger partial charge in [0.1, 0.15) is 5.69 Å². The third kappa shape index (κ3) is 3.13. The van der Waals surface area contributed by atoms with Crippen LogP contribution in [0.3, 0.4) is 0 Å². The lowest BCUT2D eigenvalue weighted by molar-refractivity contribution is -0.384. The normalized spacial score (nSPS) is 11.4. The molecule has 0 aliphatic heterocycles. The molecule has 0 saturated heterocycles. The fraction of sp³-hybridized carbons (Fsp3) is 0.0909. The van der Waals surface area contributed by atoms with E-state index in [1.165, 1.54) is 23.5 Å². The molecule has 0 radical (unpaired) electrons. The van der Waals surface area contributed by atoms with Gasteiger partial charge in [-0.25, -0.2) is 13.1 Å². The molecule has 0 fully saturated rings. The van der Waals surface area contributed by atoms with Crippen LogP contribution in [-0.2, 0) is 16.6 Å². The fourth-order valence-corrected chi connectivity index (χ4v) is 3.27. The van der Waals surface area contributed by atoms with Crippen molar-refractivity contribution in [3.8, 4) is 0 Å². The highest BCUT2D eigenvalue weighted by molar-refractivity contribution is 7.89. The van der Waals surface area contributed by atoms with Crippen molar-refractivity contribution in [2.75, 3.05) is 5.73 Å². The lowest BCUT2D eigenvalue weighted by Crippen LogP contribution is -2.23. The Hall–Kier alpha value is -1.97. The lowest BCUT2D eigenvalue weighted by atomic mass is 10.3. The van der Waals surface area contributed by atoms with E-state index in [4.69, 9.17) is 5.73 Å². The third-order valence-electron chi connectivity index (χ3n) is 2.53. The maximum atomic E-state index is 12.0. The van der Waals surface area contributed by atoms with Crippen molar-refractivity contribution in [2.24, 2.45) is 0 Å². The van der Waals surface area contributed by atoms with Crippen molar-refractivity contribution in [1.29, 1.82) is 0 Å². The number of nitro groups is 1. The number of nitrogen functional groups attached to an aromatic ring is 1. The van der Waals surface area contributed by atoms with Crippen LogP contribution in [0.25, 0.3) is 0 Å². The standard InChI is InChI=1S/C11H11N3O4S2/c12-10-4-3-9(6-11(10)14(15)16)20(17,18)13-7-8-2-1-5-19-8/h1-6,13H,7,12H2. The van der Waals surface area contributed by atoms with Crippen molar-refractivity contribution < 1.29 is 13.3 Å². The van der Waals surface area contributed by atoms with Crippen LogP contribution >= 0.6 is 11.3 Å². The number of anilines is 1. The van der Waals surface area contributed by atoms with Crippen LogP contribution < -0.4 is 10.5 Å². The predicted octanol–water partition coefficient (Wildman–Crippen LogP) is 1.72. The zero-order valence-corrected chi connectivity index (χ0v) is 11.8. The number of nitrogens with zero attached hydrogens (tertiary/aromatic N) is 1. The van der Waals surface area contributed by atoms with Gasteiger partial charge in [0.2, 0.25) is 10.0 Å². The molecule has 106 valence electrons. The van der Waals surface area contributed by atoms with Crippen LogP contribution in [0.15, 0.2) is 40.6 Å². The van der Waals surface area contributed by atoms with E-state index in [9.17, 15) is 18.5 Å². The summed E-state index contributed by atoms with van der Waals surface area (Å²) in [5.74, 6) is 0. The van der Waals surface area contributed by atoms with E-state index >= 15 is 0 Å². The number of sulfonamides is 1. The highest BCUT2D eigenvalue weighted by Gasteiger charge is 2.20. The first-order chi connectivity index (χ1) is 9.40. The van der Waals surface area contributed by atoms with Crippen LogP contribution in [0.5, 0.6) is 0 Å². The summed E-state index contributed by atoms with van der Waals surface area (Å²) in [6, 6.07) is 6.99. The summed E-state index contributed by atoms with van der Waals surface area (Å²) in [6.45, 7) is 0.137. The second-order valence-electron chi connectivity index (χ2n) is 3.88. The molecule has 0 spiro atoms. The maximum Gasteiger partial charge on any atom is 0.293 e. The number of benzene rings is 1. The number of nitrogens with two attached hydrogens (primary N) is 1. The second-order valence-corrected chi connectivity index (χ2v) is 6.68. The van der Waals surface area contributed by atoms with Gasteiger partial charge < -0.3 is 5.73 Å². The van der Waals surface area contributed by atoms with Gasteiger partial charge in [0.15, 0.2) is 0 Å². The molecule has 7 nitrogen and oxygen atoms in total. The molecule has 1 aromatic carbocycles. The monoisotopic (exact) mass is 313 g/mol. The highest BCUT2D eigenvalue weighted by atomic mass is 32.2. The molecule has 1 heterocycles. The first-order valence-corrected chi connectivity index (χ1v) is 7.82. The molecule has 0 unspecified atom stereocenters. The SMILES string of the molecule is Nc1ccc(S(=O)(=O)NCc2cccs2)cc1[N+](=O)[O-]. The zero-order valence-electron chi connectivity index (χ0n) is 10.1. The Morgan fingerprint density at radius 3 is 2.70 bits per heavy atom. The van der Waals surface area contributed by atoms with Gasteiger partial charge in [-0.15, -0.1) is 11.3 Å². The Bertz CT molecular complexity index is 726. The summed E-state index contributed by atoms with van der Waals surface area (Å²) in [7, 11) is -3.81. The lowest BCUT2D eigenvalue weighted by Gasteiger charge is -2.06. The van der Waals surface area contributed by atoms with Crippen LogP contribution in [-0.4, -0.2) is 13.3 Å². The third-order valence-corrected chi connectivity index (χ3v) is 4.80. The minimum absolute atomic E-state index is 0.0767. The van der Waals surface area contributed by atoms with Crippen molar-refractivity contribution in [3.05, 3.63) is 50.7 Å². The van der Waals surface area contributed by atoms with E-state index in [1.807, 2.05) is 11.4 Å². The summed E-state index contributed by atoms with van der Waals surface area (Å²) in [6.07, 6.45) is 0. The molecule has 20 heavy (non-hydrogen) atoms. The molecule has 2 rings (SSSR count). The molecule has 0 saturated carbocycles. The molecule has 2 aromatic rings. The highest BCUT2D eigenvalue weighted by Crippen LogP contribution is 2.24. The Kier molecular flexibility index (Phi) is 4.02. The Balaban J connectivity index is 2.25. The quantitative estimate of drug-likeness (QED) is 0.495. The summed E-state index contributed by atoms with van der Waals surface area (Å²) in [5.41, 5.74) is 4.93. The largest absolute Gasteiger partial charge is 0.393 e. The van der Waals surface area contributed by atoms with Gasteiger partial charge >= 0.3 is 0 Å². The average Bonchev–Trinajstić information content (AvgIpc) is 2.89. The first-order valence-electron chi connectivity index (χ1n) is 5.46. The number of nitro benzene ring substituents is 1. The van der Waals surface area contributed by atoms with E-state index in [0.29, 0.717) is 0 Å². The molecule has 1 aromatic heterocycles. The number of thiophene rings is 1. The molecule has 0 aliphatic rings. The Labute approximate surface area is 119 Å². The first kappa shape index (κ1) is 14.4. The molecule has 3 N–H and O–H groups in total. The summed E-state index contributed by atoms with van der Waals surface area (Å²) in [4.78, 5) is 10.7. The van der Waals surface area contributed by atoms with Gasteiger partial charge in [-0.3, -0.25) is 10.1 Å². The second kappa shape index (κ2) is 5.57. The number of rotatable bonds is 5. The minimum Gasteiger partial charge on any atom is -0.393 e. The van der Waals surface area contributed by atoms with E-state index < -0.39 is 20.6 Å². The molecule has 0 amide bonds. The molecule has 0 bridgehead atoms. The zero-order chi connectivity index (χ0) is 14.8. The van der Waals surface area contributed by atoms with Gasteiger partial charge in [0.25, 0.3) is 5.69 Å². The van der Waals surface area contributed by atoms with Gasteiger partial charge in [-0.1, -0.05) is 6.07 Å². The van der Waals surface area contributed by atoms with Crippen molar-refractivity contribution in [1.82, 2.24) is 4.72 Å². The van der Waals surface area contributed by atoms with Crippen molar-refractivity contribution in [3.63, 3.8) is 0 Å². The molecule has 0 atom stereocenters. The maximum absolute atomic E-state index is 12.0. The predicted molar refractivity (Wildman–Crippen MR) is 75.9 cm³/mol. The fourth-order valence-electron chi connectivity index (χ4n) is 1.51. The van der Waals surface area contributed by atoms with Crippen molar-refractivity contribution in [2.45, 2.75) is 11.4 Å². The average molecular weight is 313 g/mol. The van der Waals surface area contributed by atoms with Gasteiger partial charge in [-0.2, -0.15) is 0 Å². The van der Waals surface area contributed by atoms with Gasteiger partial charge in [0.05, 0.1) is 9.82 Å². The molecule has 9 heteroatoms. The molecule has 0 aliphatic carbocycles. The topological polar surface area (TPSA) is 115 Å². The van der Waals surface area contributed by atoms with E-state index in [1.54, 1.807) is 6.07 Å². The van der Waals surface area contributed by atoms with Crippen molar-refractivity contribution >= 4 is 32.7 Å². The van der Waals surface area contributed by atoms with Crippen LogP contribution in [0, 0.1) is 10.1 Å². The summed E-state index contributed by atoms with van der Waals surface area (Å²) in [5, 5.41) is 12.6. The molecular formula is C11H11N3O4S2. The van der Waals surface area contributed by atoms with E-state index in [2.05, 4.69) is 4.72 Å². The van der Waals surface area contributed by atoms with Crippen LogP contribution in [0.2, 0.25) is 0 Å². The Morgan fingerprint density at radius 1 is 1.35 bits per heavy atom. The number of hydrogen-bond donors (Lipinski definition) is 2. The van der Waals surface area contributed by atoms with Gasteiger partial charge in [0, 0.05) is 17.5 Å². The number of nitrogens with one attached hydrogen (secondary N) is 1. The summed E-state index contributed by atoms with van der Waals surface area (Å²) < 4.78 is 26.5.